The molecule has 0 heterocycles. The van der Waals surface area contributed by atoms with Crippen LogP contribution in [0.4, 0.5) is 0 Å². The van der Waals surface area contributed by atoms with Crippen molar-refractivity contribution < 1.29 is 5.11 Å². The highest BCUT2D eigenvalue weighted by atomic mass is 16.3. The van der Waals surface area contributed by atoms with E-state index >= 15 is 0 Å². The van der Waals surface area contributed by atoms with E-state index < -0.39 is 5.60 Å². The summed E-state index contributed by atoms with van der Waals surface area (Å²) in [5.41, 5.74) is 0.763. The molecule has 1 aliphatic carbocycles. The van der Waals surface area contributed by atoms with E-state index in [9.17, 15) is 5.11 Å². The van der Waals surface area contributed by atoms with E-state index in [0.29, 0.717) is 5.92 Å². The second-order valence-electron chi connectivity index (χ2n) is 4.46. The molecule has 1 saturated carbocycles. The molecule has 1 N–H and O–H groups in total. The summed E-state index contributed by atoms with van der Waals surface area (Å²) in [4.78, 5) is 0. The van der Waals surface area contributed by atoms with Gasteiger partial charge in [-0.15, -0.1) is 6.58 Å². The van der Waals surface area contributed by atoms with Gasteiger partial charge in [-0.3, -0.25) is 0 Å². The molecule has 0 spiro atoms. The molecule has 1 nitrogen and oxygen atoms in total. The topological polar surface area (TPSA) is 20.2 Å². The molecular formula is C11H20O. The quantitative estimate of drug-likeness (QED) is 0.629. The van der Waals surface area contributed by atoms with E-state index in [0.717, 1.165) is 12.8 Å². The molecular weight excluding hydrogens is 148 g/mol. The minimum Gasteiger partial charge on any atom is -0.390 e. The first kappa shape index (κ1) is 9.79. The van der Waals surface area contributed by atoms with Crippen LogP contribution in [0.1, 0.15) is 46.0 Å². The summed E-state index contributed by atoms with van der Waals surface area (Å²) < 4.78 is 0. The fourth-order valence-corrected chi connectivity index (χ4v) is 2.13. The molecule has 1 rings (SSSR count). The van der Waals surface area contributed by atoms with E-state index in [-0.39, 0.29) is 0 Å². The van der Waals surface area contributed by atoms with Crippen LogP contribution in [0.15, 0.2) is 12.2 Å². The molecule has 0 amide bonds. The Bertz CT molecular complexity index is 170. The number of hydrogen-bond acceptors (Lipinski definition) is 1. The fourth-order valence-electron chi connectivity index (χ4n) is 2.13. The summed E-state index contributed by atoms with van der Waals surface area (Å²) in [5, 5.41) is 10.0. The van der Waals surface area contributed by atoms with E-state index in [1.807, 2.05) is 13.8 Å². The van der Waals surface area contributed by atoms with Crippen LogP contribution in [0, 0.1) is 5.92 Å². The zero-order valence-electron chi connectivity index (χ0n) is 8.27. The largest absolute Gasteiger partial charge is 0.390 e. The third-order valence-corrected chi connectivity index (χ3v) is 2.96. The minimum atomic E-state index is -0.433. The Balaban J connectivity index is 2.54. The van der Waals surface area contributed by atoms with Gasteiger partial charge in [-0.25, -0.2) is 0 Å². The van der Waals surface area contributed by atoms with Crippen molar-refractivity contribution in [3.63, 3.8) is 0 Å². The van der Waals surface area contributed by atoms with Crippen molar-refractivity contribution in [2.24, 2.45) is 5.92 Å². The first-order chi connectivity index (χ1) is 5.52. The lowest BCUT2D eigenvalue weighted by Gasteiger charge is -2.37. The molecule has 2 atom stereocenters. The molecule has 0 aromatic carbocycles. The Morgan fingerprint density at radius 1 is 1.58 bits per heavy atom. The van der Waals surface area contributed by atoms with Gasteiger partial charge in [0.2, 0.25) is 0 Å². The lowest BCUT2D eigenvalue weighted by Crippen LogP contribution is -2.37. The molecule has 0 saturated heterocycles. The van der Waals surface area contributed by atoms with Crippen molar-refractivity contribution in [1.82, 2.24) is 0 Å². The third-order valence-electron chi connectivity index (χ3n) is 2.96. The Morgan fingerprint density at radius 3 is 2.75 bits per heavy atom. The lowest BCUT2D eigenvalue weighted by atomic mass is 9.74. The van der Waals surface area contributed by atoms with Gasteiger partial charge in [0.15, 0.2) is 0 Å². The van der Waals surface area contributed by atoms with Gasteiger partial charge in [0, 0.05) is 0 Å². The van der Waals surface area contributed by atoms with Crippen molar-refractivity contribution >= 4 is 0 Å². The molecule has 1 fully saturated rings. The molecule has 0 aromatic rings. The fraction of sp³-hybridized carbons (Fsp3) is 0.818. The highest BCUT2D eigenvalue weighted by Gasteiger charge is 2.33. The van der Waals surface area contributed by atoms with Crippen molar-refractivity contribution in [2.75, 3.05) is 0 Å². The van der Waals surface area contributed by atoms with Gasteiger partial charge in [-0.1, -0.05) is 18.4 Å². The zero-order chi connectivity index (χ0) is 9.19. The predicted molar refractivity (Wildman–Crippen MR) is 52.0 cm³/mol. The number of hydrogen-bond donors (Lipinski definition) is 1. The third kappa shape index (κ3) is 2.34. The summed E-state index contributed by atoms with van der Waals surface area (Å²) in [6.45, 7) is 7.92. The van der Waals surface area contributed by atoms with E-state index in [4.69, 9.17) is 0 Å². The van der Waals surface area contributed by atoms with Gasteiger partial charge in [0.25, 0.3) is 0 Å². The monoisotopic (exact) mass is 168 g/mol. The van der Waals surface area contributed by atoms with Crippen LogP contribution in [0.5, 0.6) is 0 Å². The van der Waals surface area contributed by atoms with Gasteiger partial charge < -0.3 is 5.11 Å². The number of rotatable bonds is 2. The summed E-state index contributed by atoms with van der Waals surface area (Å²) in [7, 11) is 0. The summed E-state index contributed by atoms with van der Waals surface area (Å²) in [6, 6.07) is 0. The van der Waals surface area contributed by atoms with Gasteiger partial charge in [0.1, 0.15) is 0 Å². The van der Waals surface area contributed by atoms with Crippen molar-refractivity contribution in [3.8, 4) is 0 Å². The van der Waals surface area contributed by atoms with Crippen molar-refractivity contribution in [3.05, 3.63) is 12.2 Å². The Morgan fingerprint density at radius 2 is 2.25 bits per heavy atom. The highest BCUT2D eigenvalue weighted by Crippen LogP contribution is 2.36. The SMILES string of the molecule is C=C(C)C[C@@H]1CCCC[C@@]1(C)O. The van der Waals surface area contributed by atoms with Crippen LogP contribution < -0.4 is 0 Å². The summed E-state index contributed by atoms with van der Waals surface area (Å²) in [6.07, 6.45) is 5.57. The van der Waals surface area contributed by atoms with Gasteiger partial charge in [0.05, 0.1) is 5.60 Å². The van der Waals surface area contributed by atoms with Crippen LogP contribution in [0.25, 0.3) is 0 Å². The summed E-state index contributed by atoms with van der Waals surface area (Å²) >= 11 is 0. The van der Waals surface area contributed by atoms with Crippen LogP contribution >= 0.6 is 0 Å². The van der Waals surface area contributed by atoms with Crippen LogP contribution in [-0.4, -0.2) is 10.7 Å². The maximum absolute atomic E-state index is 10.0. The Kier molecular flexibility index (Phi) is 2.94. The lowest BCUT2D eigenvalue weighted by molar-refractivity contribution is -0.0313. The van der Waals surface area contributed by atoms with Gasteiger partial charge in [-0.2, -0.15) is 0 Å². The minimum absolute atomic E-state index is 0.433. The van der Waals surface area contributed by atoms with Gasteiger partial charge in [-0.05, 0) is 39.0 Å². The van der Waals surface area contributed by atoms with Crippen LogP contribution in [0.3, 0.4) is 0 Å². The molecule has 0 aliphatic heterocycles. The number of aliphatic hydroxyl groups is 1. The second-order valence-corrected chi connectivity index (χ2v) is 4.46. The average Bonchev–Trinajstić information content (AvgIpc) is 1.92. The van der Waals surface area contributed by atoms with Crippen LogP contribution in [-0.2, 0) is 0 Å². The van der Waals surface area contributed by atoms with E-state index in [1.165, 1.54) is 24.8 Å². The molecule has 1 aliphatic rings. The first-order valence-corrected chi connectivity index (χ1v) is 4.89. The standard InChI is InChI=1S/C11H20O/c1-9(2)8-10-6-4-5-7-11(10,3)12/h10,12H,1,4-8H2,2-3H3/t10-,11+/m0/s1. The molecule has 70 valence electrons. The predicted octanol–water partition coefficient (Wildman–Crippen LogP) is 2.89. The van der Waals surface area contributed by atoms with E-state index in [1.54, 1.807) is 0 Å². The second kappa shape index (κ2) is 3.61. The van der Waals surface area contributed by atoms with Crippen molar-refractivity contribution in [1.29, 1.82) is 0 Å². The molecule has 12 heavy (non-hydrogen) atoms. The number of allylic oxidation sites excluding steroid dienone is 1. The Hall–Kier alpha value is -0.300. The Labute approximate surface area is 75.5 Å². The van der Waals surface area contributed by atoms with Crippen molar-refractivity contribution in [2.45, 2.75) is 51.6 Å². The van der Waals surface area contributed by atoms with Crippen LogP contribution in [0.2, 0.25) is 0 Å². The summed E-state index contributed by atoms with van der Waals surface area (Å²) in [5.74, 6) is 0.448. The molecule has 0 unspecified atom stereocenters. The average molecular weight is 168 g/mol. The smallest absolute Gasteiger partial charge is 0.0650 e. The highest BCUT2D eigenvalue weighted by molar-refractivity contribution is 4.97. The van der Waals surface area contributed by atoms with E-state index in [2.05, 4.69) is 6.58 Å². The zero-order valence-corrected chi connectivity index (χ0v) is 8.27. The molecule has 0 bridgehead atoms. The first-order valence-electron chi connectivity index (χ1n) is 4.89. The maximum Gasteiger partial charge on any atom is 0.0650 e. The molecule has 0 aromatic heterocycles. The normalized spacial score (nSPS) is 36.4. The molecule has 0 radical (unpaired) electrons. The molecule has 1 heteroatoms. The van der Waals surface area contributed by atoms with Gasteiger partial charge >= 0.3 is 0 Å². The maximum atomic E-state index is 10.0.